The standard InChI is InChI=1S/C14H12BrCl2N3O3S2/c1-24-14-18-4-3-9(19-14)11(15)13(21)8-5-7(16)6-10(12(8)17)20-25(2,22)23/h3-6,11,20H,1-2H3. The minimum atomic E-state index is -3.58. The van der Waals surface area contributed by atoms with Crippen molar-refractivity contribution in [2.24, 2.45) is 0 Å². The van der Waals surface area contributed by atoms with Gasteiger partial charge < -0.3 is 0 Å². The maximum atomic E-state index is 12.8. The molecule has 11 heteroatoms. The number of hydrogen-bond acceptors (Lipinski definition) is 6. The zero-order valence-electron chi connectivity index (χ0n) is 13.0. The minimum Gasteiger partial charge on any atom is -0.292 e. The van der Waals surface area contributed by atoms with Crippen LogP contribution in [0.3, 0.4) is 0 Å². The fourth-order valence-electron chi connectivity index (χ4n) is 1.91. The molecule has 0 radical (unpaired) electrons. The number of carbonyl (C=O) groups is 1. The highest BCUT2D eigenvalue weighted by atomic mass is 79.9. The number of sulfonamides is 1. The summed E-state index contributed by atoms with van der Waals surface area (Å²) in [6.45, 7) is 0. The van der Waals surface area contributed by atoms with Crippen molar-refractivity contribution in [2.75, 3.05) is 17.2 Å². The van der Waals surface area contributed by atoms with Gasteiger partial charge in [-0.3, -0.25) is 9.52 Å². The van der Waals surface area contributed by atoms with Gasteiger partial charge in [0.05, 0.1) is 22.7 Å². The van der Waals surface area contributed by atoms with Crippen LogP contribution in [0.1, 0.15) is 20.9 Å². The lowest BCUT2D eigenvalue weighted by molar-refractivity contribution is 0.0990. The number of thioether (sulfide) groups is 1. The van der Waals surface area contributed by atoms with E-state index in [1.165, 1.54) is 23.9 Å². The SMILES string of the molecule is CSc1nccc(C(Br)C(=O)c2cc(Cl)cc(NS(C)(=O)=O)c2Cl)n1. The van der Waals surface area contributed by atoms with E-state index in [1.54, 1.807) is 12.3 Å². The Balaban J connectivity index is 2.44. The Morgan fingerprint density at radius 3 is 2.64 bits per heavy atom. The number of ketones is 1. The molecule has 1 atom stereocenters. The summed E-state index contributed by atoms with van der Waals surface area (Å²) in [5.74, 6) is -0.408. The Bertz CT molecular complexity index is 926. The molecule has 0 spiro atoms. The summed E-state index contributed by atoms with van der Waals surface area (Å²) in [7, 11) is -3.58. The molecule has 1 unspecified atom stereocenters. The zero-order chi connectivity index (χ0) is 18.8. The Hall–Kier alpha value is -0.870. The normalized spacial score (nSPS) is 12.7. The van der Waals surface area contributed by atoms with E-state index >= 15 is 0 Å². The number of benzene rings is 1. The number of anilines is 1. The molecule has 1 aromatic heterocycles. The second kappa shape index (κ2) is 8.22. The van der Waals surface area contributed by atoms with Crippen molar-refractivity contribution in [3.63, 3.8) is 0 Å². The highest BCUT2D eigenvalue weighted by Crippen LogP contribution is 2.35. The van der Waals surface area contributed by atoms with Crippen molar-refractivity contribution in [2.45, 2.75) is 9.98 Å². The molecule has 0 aliphatic heterocycles. The topological polar surface area (TPSA) is 89.0 Å². The predicted molar refractivity (Wildman–Crippen MR) is 105 cm³/mol. The zero-order valence-corrected chi connectivity index (χ0v) is 17.7. The van der Waals surface area contributed by atoms with E-state index in [2.05, 4.69) is 30.6 Å². The quantitative estimate of drug-likeness (QED) is 0.286. The fourth-order valence-corrected chi connectivity index (χ4v) is 3.86. The summed E-state index contributed by atoms with van der Waals surface area (Å²) in [6.07, 6.45) is 4.34. The van der Waals surface area contributed by atoms with E-state index in [4.69, 9.17) is 23.2 Å². The van der Waals surface area contributed by atoms with Crippen molar-refractivity contribution in [1.29, 1.82) is 0 Å². The molecule has 0 aliphatic rings. The summed E-state index contributed by atoms with van der Waals surface area (Å²) < 4.78 is 25.1. The van der Waals surface area contributed by atoms with Gasteiger partial charge in [0.25, 0.3) is 0 Å². The minimum absolute atomic E-state index is 0.0345. The van der Waals surface area contributed by atoms with Crippen LogP contribution in [0, 0.1) is 0 Å². The second-order valence-electron chi connectivity index (χ2n) is 4.88. The average Bonchev–Trinajstić information content (AvgIpc) is 2.55. The van der Waals surface area contributed by atoms with Crippen LogP contribution in [-0.4, -0.2) is 36.7 Å². The molecule has 0 saturated carbocycles. The first kappa shape index (κ1) is 20.4. The van der Waals surface area contributed by atoms with Crippen molar-refractivity contribution < 1.29 is 13.2 Å². The van der Waals surface area contributed by atoms with Crippen LogP contribution < -0.4 is 4.72 Å². The van der Waals surface area contributed by atoms with Crippen LogP contribution in [0.4, 0.5) is 5.69 Å². The summed E-state index contributed by atoms with van der Waals surface area (Å²) in [5, 5.41) is 0.654. The van der Waals surface area contributed by atoms with Crippen LogP contribution in [0.2, 0.25) is 10.0 Å². The summed E-state index contributed by atoms with van der Waals surface area (Å²) in [6, 6.07) is 4.32. The van der Waals surface area contributed by atoms with E-state index in [1.807, 2.05) is 6.26 Å². The molecule has 0 aliphatic carbocycles. The number of carbonyl (C=O) groups excluding carboxylic acids is 1. The molecular weight excluding hydrogens is 473 g/mol. The number of Topliss-reactive ketones (excluding diaryl/α,β-unsaturated/α-hetero) is 1. The summed E-state index contributed by atoms with van der Waals surface area (Å²) in [5.41, 5.74) is 0.566. The van der Waals surface area contributed by atoms with E-state index in [0.717, 1.165) is 6.26 Å². The van der Waals surface area contributed by atoms with Crippen LogP contribution in [0.5, 0.6) is 0 Å². The lowest BCUT2D eigenvalue weighted by atomic mass is 10.1. The maximum Gasteiger partial charge on any atom is 0.229 e. The van der Waals surface area contributed by atoms with Crippen molar-refractivity contribution >= 4 is 72.4 Å². The third kappa shape index (κ3) is 5.30. The number of rotatable bonds is 6. The van der Waals surface area contributed by atoms with Crippen LogP contribution >= 0.6 is 50.9 Å². The van der Waals surface area contributed by atoms with Gasteiger partial charge in [0.15, 0.2) is 10.9 Å². The summed E-state index contributed by atoms with van der Waals surface area (Å²) >= 11 is 16.9. The first-order valence-corrected chi connectivity index (χ1v) is 11.4. The molecule has 6 nitrogen and oxygen atoms in total. The molecule has 0 amide bonds. The third-order valence-electron chi connectivity index (χ3n) is 2.93. The Kier molecular flexibility index (Phi) is 6.72. The van der Waals surface area contributed by atoms with Gasteiger partial charge >= 0.3 is 0 Å². The molecule has 134 valence electrons. The number of aromatic nitrogens is 2. The molecule has 1 heterocycles. The van der Waals surface area contributed by atoms with Crippen molar-refractivity contribution in [3.05, 3.63) is 45.7 Å². The molecule has 0 fully saturated rings. The van der Waals surface area contributed by atoms with E-state index in [-0.39, 0.29) is 21.3 Å². The highest BCUT2D eigenvalue weighted by Gasteiger charge is 2.25. The van der Waals surface area contributed by atoms with E-state index in [9.17, 15) is 13.2 Å². The van der Waals surface area contributed by atoms with Gasteiger partial charge in [0.2, 0.25) is 10.0 Å². The molecule has 1 aromatic carbocycles. The Labute approximate surface area is 167 Å². The van der Waals surface area contributed by atoms with Gasteiger partial charge in [-0.25, -0.2) is 18.4 Å². The Morgan fingerprint density at radius 2 is 2.04 bits per heavy atom. The van der Waals surface area contributed by atoms with Gasteiger partial charge in [-0.2, -0.15) is 0 Å². The number of nitrogens with zero attached hydrogens (tertiary/aromatic N) is 2. The van der Waals surface area contributed by atoms with E-state index < -0.39 is 20.6 Å². The lowest BCUT2D eigenvalue weighted by Crippen LogP contribution is -2.13. The van der Waals surface area contributed by atoms with Gasteiger partial charge in [-0.05, 0) is 24.5 Å². The van der Waals surface area contributed by atoms with E-state index in [0.29, 0.717) is 10.9 Å². The van der Waals surface area contributed by atoms with Crippen LogP contribution in [-0.2, 0) is 10.0 Å². The molecule has 0 saturated heterocycles. The monoisotopic (exact) mass is 483 g/mol. The molecule has 1 N–H and O–H groups in total. The first-order chi connectivity index (χ1) is 11.6. The van der Waals surface area contributed by atoms with Crippen LogP contribution in [0.15, 0.2) is 29.6 Å². The molecular formula is C14H12BrCl2N3O3S2. The van der Waals surface area contributed by atoms with Crippen LogP contribution in [0.25, 0.3) is 0 Å². The Morgan fingerprint density at radius 1 is 1.36 bits per heavy atom. The van der Waals surface area contributed by atoms with Gasteiger partial charge in [0, 0.05) is 16.8 Å². The number of alkyl halides is 1. The average molecular weight is 485 g/mol. The summed E-state index contributed by atoms with van der Waals surface area (Å²) in [4.78, 5) is 20.3. The van der Waals surface area contributed by atoms with Gasteiger partial charge in [-0.15, -0.1) is 0 Å². The smallest absolute Gasteiger partial charge is 0.229 e. The highest BCUT2D eigenvalue weighted by molar-refractivity contribution is 9.09. The maximum absolute atomic E-state index is 12.8. The van der Waals surface area contributed by atoms with Crippen molar-refractivity contribution in [3.8, 4) is 0 Å². The van der Waals surface area contributed by atoms with Crippen molar-refractivity contribution in [1.82, 2.24) is 9.97 Å². The molecule has 0 bridgehead atoms. The lowest BCUT2D eigenvalue weighted by Gasteiger charge is -2.14. The molecule has 2 rings (SSSR count). The molecule has 25 heavy (non-hydrogen) atoms. The largest absolute Gasteiger partial charge is 0.292 e. The third-order valence-corrected chi connectivity index (χ3v) is 5.59. The predicted octanol–water partition coefficient (Wildman–Crippen LogP) is 4.20. The molecule has 2 aromatic rings. The number of halogens is 3. The van der Waals surface area contributed by atoms with Gasteiger partial charge in [0.1, 0.15) is 4.83 Å². The number of hydrogen-bond donors (Lipinski definition) is 1. The number of nitrogens with one attached hydrogen (secondary N) is 1. The van der Waals surface area contributed by atoms with Gasteiger partial charge in [-0.1, -0.05) is 50.9 Å². The second-order valence-corrected chi connectivity index (χ2v) is 9.14. The fraction of sp³-hybridized carbons (Fsp3) is 0.214. The first-order valence-electron chi connectivity index (χ1n) is 6.64.